The van der Waals surface area contributed by atoms with Crippen molar-refractivity contribution >= 4 is 17.4 Å². The van der Waals surface area contributed by atoms with Gasteiger partial charge in [-0.2, -0.15) is 0 Å². The van der Waals surface area contributed by atoms with Gasteiger partial charge in [-0.25, -0.2) is 4.98 Å². The van der Waals surface area contributed by atoms with Crippen LogP contribution >= 0.6 is 11.6 Å². The normalized spacial score (nSPS) is 11.2. The van der Waals surface area contributed by atoms with Crippen molar-refractivity contribution in [2.45, 2.75) is 32.7 Å². The highest BCUT2D eigenvalue weighted by molar-refractivity contribution is 6.30. The number of imidazole rings is 1. The fourth-order valence-corrected chi connectivity index (χ4v) is 3.48. The van der Waals surface area contributed by atoms with E-state index >= 15 is 0 Å². The third-order valence-corrected chi connectivity index (χ3v) is 5.07. The third-order valence-electron chi connectivity index (χ3n) is 4.82. The minimum absolute atomic E-state index is 0.0960. The zero-order valence-electron chi connectivity index (χ0n) is 15.7. The monoisotopic (exact) mass is 392 g/mol. The molecule has 0 radical (unpaired) electrons. The molecule has 0 saturated carbocycles. The molecule has 0 bridgehead atoms. The first-order valence-electron chi connectivity index (χ1n) is 9.46. The van der Waals surface area contributed by atoms with Crippen LogP contribution in [0.15, 0.2) is 65.8 Å². The van der Waals surface area contributed by atoms with Crippen molar-refractivity contribution in [3.8, 4) is 22.5 Å². The molecule has 3 aromatic heterocycles. The topological polar surface area (TPSA) is 52.2 Å². The van der Waals surface area contributed by atoms with Crippen LogP contribution < -0.4 is 5.56 Å². The molecule has 0 aliphatic heterocycles. The number of aromatic nitrogens is 4. The fourth-order valence-electron chi connectivity index (χ4n) is 3.36. The van der Waals surface area contributed by atoms with Crippen LogP contribution in [0.5, 0.6) is 0 Å². The van der Waals surface area contributed by atoms with Gasteiger partial charge in [0, 0.05) is 47.4 Å². The molecule has 3 heterocycles. The zero-order valence-corrected chi connectivity index (χ0v) is 16.4. The molecule has 4 rings (SSSR count). The Kier molecular flexibility index (Phi) is 5.26. The quantitative estimate of drug-likeness (QED) is 0.430. The summed E-state index contributed by atoms with van der Waals surface area (Å²) in [6.45, 7) is 2.98. The molecule has 0 aliphatic carbocycles. The van der Waals surface area contributed by atoms with Crippen LogP contribution in [0.1, 0.15) is 26.2 Å². The maximum atomic E-state index is 12.8. The lowest BCUT2D eigenvalue weighted by Crippen LogP contribution is -2.18. The molecule has 0 atom stereocenters. The van der Waals surface area contributed by atoms with Crippen LogP contribution in [0.2, 0.25) is 5.02 Å². The van der Waals surface area contributed by atoms with Gasteiger partial charge in [-0.05, 0) is 30.7 Å². The number of nitrogens with zero attached hydrogens (tertiary/aromatic N) is 4. The first-order chi connectivity index (χ1) is 13.7. The Morgan fingerprint density at radius 2 is 1.75 bits per heavy atom. The standard InChI is InChI=1S/C22H21ClN4O/c1-2-3-4-13-26-20(17-9-11-24-12-10-17)14-21(28)27-15-19(25-22(26)27)16-5-7-18(23)8-6-16/h5-12,14-15H,2-4,13H2,1H3. The number of halogens is 1. The van der Waals surface area contributed by atoms with Gasteiger partial charge in [0.15, 0.2) is 0 Å². The van der Waals surface area contributed by atoms with Crippen LogP contribution in [0.25, 0.3) is 28.3 Å². The van der Waals surface area contributed by atoms with Gasteiger partial charge >= 0.3 is 0 Å². The van der Waals surface area contributed by atoms with Crippen LogP contribution in [-0.4, -0.2) is 18.9 Å². The Balaban J connectivity index is 1.91. The van der Waals surface area contributed by atoms with Gasteiger partial charge in [-0.3, -0.25) is 14.2 Å². The van der Waals surface area contributed by atoms with Gasteiger partial charge in [-0.1, -0.05) is 43.5 Å². The van der Waals surface area contributed by atoms with Crippen LogP contribution in [-0.2, 0) is 6.54 Å². The molecule has 1 aromatic carbocycles. The van der Waals surface area contributed by atoms with Gasteiger partial charge in [0.05, 0.1) is 11.4 Å². The SMILES string of the molecule is CCCCCn1c(-c2ccncc2)cc(=O)n2cc(-c3ccc(Cl)cc3)nc12. The van der Waals surface area contributed by atoms with Crippen molar-refractivity contribution in [1.82, 2.24) is 18.9 Å². The van der Waals surface area contributed by atoms with Crippen molar-refractivity contribution in [3.63, 3.8) is 0 Å². The summed E-state index contributed by atoms with van der Waals surface area (Å²) in [7, 11) is 0. The molecule has 0 aliphatic rings. The van der Waals surface area contributed by atoms with Crippen molar-refractivity contribution < 1.29 is 0 Å². The van der Waals surface area contributed by atoms with E-state index in [4.69, 9.17) is 16.6 Å². The number of hydrogen-bond donors (Lipinski definition) is 0. The number of benzene rings is 1. The Labute approximate surface area is 168 Å². The van der Waals surface area contributed by atoms with E-state index in [1.165, 1.54) is 0 Å². The summed E-state index contributed by atoms with van der Waals surface area (Å²) in [6, 6.07) is 13.0. The van der Waals surface area contributed by atoms with Crippen LogP contribution in [0.3, 0.4) is 0 Å². The van der Waals surface area contributed by atoms with Crippen LogP contribution in [0.4, 0.5) is 0 Å². The molecule has 6 heteroatoms. The summed E-state index contributed by atoms with van der Waals surface area (Å²) >= 11 is 6.00. The molecule has 0 N–H and O–H groups in total. The molecule has 4 aromatic rings. The highest BCUT2D eigenvalue weighted by Gasteiger charge is 2.14. The summed E-state index contributed by atoms with van der Waals surface area (Å²) in [5, 5.41) is 0.673. The number of unbranched alkanes of at least 4 members (excludes halogenated alkanes) is 2. The largest absolute Gasteiger partial charge is 0.311 e. The van der Waals surface area contributed by atoms with Crippen molar-refractivity contribution in [1.29, 1.82) is 0 Å². The summed E-state index contributed by atoms with van der Waals surface area (Å²) in [6.07, 6.45) is 8.56. The predicted molar refractivity (Wildman–Crippen MR) is 113 cm³/mol. The number of aryl methyl sites for hydroxylation is 1. The van der Waals surface area contributed by atoms with E-state index in [1.807, 2.05) is 36.4 Å². The van der Waals surface area contributed by atoms with E-state index in [9.17, 15) is 4.79 Å². The van der Waals surface area contributed by atoms with E-state index in [0.29, 0.717) is 10.8 Å². The fraction of sp³-hybridized carbons (Fsp3) is 0.227. The minimum atomic E-state index is -0.0960. The molecule has 0 unspecified atom stereocenters. The second-order valence-electron chi connectivity index (χ2n) is 6.77. The number of rotatable bonds is 6. The van der Waals surface area contributed by atoms with E-state index in [-0.39, 0.29) is 5.56 Å². The van der Waals surface area contributed by atoms with Gasteiger partial charge in [0.1, 0.15) is 0 Å². The number of fused-ring (bicyclic) bond motifs is 1. The first-order valence-corrected chi connectivity index (χ1v) is 9.84. The molecule has 0 amide bonds. The lowest BCUT2D eigenvalue weighted by molar-refractivity contribution is 0.606. The lowest BCUT2D eigenvalue weighted by Gasteiger charge is -2.14. The molecule has 0 fully saturated rings. The Bertz CT molecular complexity index is 1150. The second-order valence-corrected chi connectivity index (χ2v) is 7.20. The predicted octanol–water partition coefficient (Wildman–Crippen LogP) is 5.07. The van der Waals surface area contributed by atoms with E-state index in [1.54, 1.807) is 29.1 Å². The molecule has 0 saturated heterocycles. The summed E-state index contributed by atoms with van der Waals surface area (Å²) in [4.78, 5) is 21.7. The van der Waals surface area contributed by atoms with Crippen molar-refractivity contribution in [3.05, 3.63) is 76.4 Å². The maximum absolute atomic E-state index is 12.8. The van der Waals surface area contributed by atoms with Gasteiger partial charge < -0.3 is 4.57 Å². The average molecular weight is 393 g/mol. The molecular weight excluding hydrogens is 372 g/mol. The average Bonchev–Trinajstić information content (AvgIpc) is 3.17. The molecular formula is C22H21ClN4O. The van der Waals surface area contributed by atoms with Crippen molar-refractivity contribution in [2.75, 3.05) is 0 Å². The van der Waals surface area contributed by atoms with Gasteiger partial charge in [0.25, 0.3) is 5.56 Å². The Morgan fingerprint density at radius 3 is 2.46 bits per heavy atom. The van der Waals surface area contributed by atoms with E-state index in [0.717, 1.165) is 48.3 Å². The summed E-state index contributed by atoms with van der Waals surface area (Å²) in [5.74, 6) is 0.653. The van der Waals surface area contributed by atoms with E-state index in [2.05, 4.69) is 16.5 Å². The maximum Gasteiger partial charge on any atom is 0.259 e. The van der Waals surface area contributed by atoms with Gasteiger partial charge in [-0.15, -0.1) is 0 Å². The molecule has 28 heavy (non-hydrogen) atoms. The van der Waals surface area contributed by atoms with Crippen LogP contribution in [0, 0.1) is 0 Å². The zero-order chi connectivity index (χ0) is 19.5. The van der Waals surface area contributed by atoms with Crippen molar-refractivity contribution in [2.24, 2.45) is 0 Å². The van der Waals surface area contributed by atoms with E-state index < -0.39 is 0 Å². The second kappa shape index (κ2) is 7.98. The summed E-state index contributed by atoms with van der Waals surface area (Å²) in [5.41, 5.74) is 3.41. The summed E-state index contributed by atoms with van der Waals surface area (Å²) < 4.78 is 3.76. The third kappa shape index (κ3) is 3.58. The highest BCUT2D eigenvalue weighted by Crippen LogP contribution is 2.24. The first kappa shape index (κ1) is 18.4. The molecule has 0 spiro atoms. The smallest absolute Gasteiger partial charge is 0.259 e. The highest BCUT2D eigenvalue weighted by atomic mass is 35.5. The number of pyridine rings is 1. The Morgan fingerprint density at radius 1 is 1.00 bits per heavy atom. The molecule has 5 nitrogen and oxygen atoms in total. The van der Waals surface area contributed by atoms with Gasteiger partial charge in [0.2, 0.25) is 5.78 Å². The lowest BCUT2D eigenvalue weighted by atomic mass is 10.1. The molecule has 142 valence electrons. The number of hydrogen-bond acceptors (Lipinski definition) is 3. The minimum Gasteiger partial charge on any atom is -0.311 e. The Hall–Kier alpha value is -2.92.